The van der Waals surface area contributed by atoms with E-state index >= 15 is 0 Å². The summed E-state index contributed by atoms with van der Waals surface area (Å²) in [6, 6.07) is 8.07. The van der Waals surface area contributed by atoms with Crippen molar-refractivity contribution >= 4 is 16.9 Å². The quantitative estimate of drug-likeness (QED) is 0.849. The van der Waals surface area contributed by atoms with Crippen LogP contribution in [-0.4, -0.2) is 20.9 Å². The average molecular weight is 286 g/mol. The minimum absolute atomic E-state index is 0.151. The van der Waals surface area contributed by atoms with Crippen molar-refractivity contribution in [3.05, 3.63) is 70.8 Å². The van der Waals surface area contributed by atoms with Gasteiger partial charge >= 0.3 is 5.97 Å². The first kappa shape index (κ1) is 12.7. The number of carboxylic acids is 1. The second-order valence-corrected chi connectivity index (χ2v) is 6.44. The second-order valence-electron chi connectivity index (χ2n) is 4.50. The summed E-state index contributed by atoms with van der Waals surface area (Å²) in [5.74, 6) is 0.0812. The Balaban J connectivity index is 1.76. The Morgan fingerprint density at radius 1 is 1.20 bits per heavy atom. The molecule has 1 aliphatic rings. The first-order valence-electron chi connectivity index (χ1n) is 6.20. The van der Waals surface area contributed by atoms with E-state index in [1.54, 1.807) is 4.68 Å². The minimum Gasteiger partial charge on any atom is -0.478 e. The lowest BCUT2D eigenvalue weighted by molar-refractivity contribution is 0.0697. The van der Waals surface area contributed by atoms with Gasteiger partial charge in [-0.25, -0.2) is 20.4 Å². The molecular weight excluding hydrogens is 272 g/mol. The number of allylic oxidation sites excluding steroid dienone is 2. The van der Waals surface area contributed by atoms with Crippen molar-refractivity contribution in [2.45, 2.75) is 5.75 Å². The number of hydrogen-bond donors (Lipinski definition) is 2. The molecule has 20 heavy (non-hydrogen) atoms. The molecule has 4 nitrogen and oxygen atoms in total. The molecule has 102 valence electrons. The van der Waals surface area contributed by atoms with Crippen LogP contribution in [0.3, 0.4) is 0 Å². The lowest BCUT2D eigenvalue weighted by Gasteiger charge is -2.10. The fourth-order valence-electron chi connectivity index (χ4n) is 2.01. The van der Waals surface area contributed by atoms with Gasteiger partial charge in [-0.1, -0.05) is 24.3 Å². The molecule has 5 heteroatoms. The molecule has 0 atom stereocenters. The Labute approximate surface area is 119 Å². The molecule has 0 bridgehead atoms. The Hall–Kier alpha value is -2.27. The zero-order valence-electron chi connectivity index (χ0n) is 10.7. The van der Waals surface area contributed by atoms with Gasteiger partial charge in [-0.15, -0.1) is 0 Å². The lowest BCUT2D eigenvalue weighted by atomic mass is 10.2. The van der Waals surface area contributed by atoms with Crippen molar-refractivity contribution in [1.82, 2.24) is 9.78 Å². The van der Waals surface area contributed by atoms with Crippen LogP contribution in [0.5, 0.6) is 0 Å². The predicted octanol–water partition coefficient (Wildman–Crippen LogP) is 3.11. The molecule has 0 fully saturated rings. The SMILES string of the molecule is O=C(O)c1cnn(-c2ccc(C[SH]3C=CC=C3)cc2)c1. The van der Waals surface area contributed by atoms with Gasteiger partial charge < -0.3 is 5.11 Å². The molecular formula is C15H14N2O2S. The highest BCUT2D eigenvalue weighted by atomic mass is 32.2. The molecule has 0 spiro atoms. The molecule has 0 saturated heterocycles. The van der Waals surface area contributed by atoms with Crippen LogP contribution in [0.4, 0.5) is 0 Å². The first-order chi connectivity index (χ1) is 9.72. The van der Waals surface area contributed by atoms with Gasteiger partial charge in [0.2, 0.25) is 0 Å². The molecule has 0 unspecified atom stereocenters. The maximum absolute atomic E-state index is 10.8. The fourth-order valence-corrected chi connectivity index (χ4v) is 3.60. The number of benzene rings is 1. The van der Waals surface area contributed by atoms with Crippen LogP contribution in [0, 0.1) is 0 Å². The first-order valence-corrected chi connectivity index (χ1v) is 7.87. The van der Waals surface area contributed by atoms with Gasteiger partial charge in [-0.05, 0) is 28.5 Å². The van der Waals surface area contributed by atoms with E-state index in [9.17, 15) is 4.79 Å². The highest BCUT2D eigenvalue weighted by Crippen LogP contribution is 2.36. The van der Waals surface area contributed by atoms with Crippen LogP contribution in [0.2, 0.25) is 0 Å². The smallest absolute Gasteiger partial charge is 0.338 e. The van der Waals surface area contributed by atoms with E-state index in [0.717, 1.165) is 11.4 Å². The third-order valence-electron chi connectivity index (χ3n) is 3.06. The summed E-state index contributed by atoms with van der Waals surface area (Å²) in [7, 11) is -0.151. The number of aromatic carboxylic acids is 1. The van der Waals surface area contributed by atoms with Gasteiger partial charge in [-0.3, -0.25) is 0 Å². The number of rotatable bonds is 4. The molecule has 1 aromatic carbocycles. The number of aromatic nitrogens is 2. The summed E-state index contributed by atoms with van der Waals surface area (Å²) in [5.41, 5.74) is 2.34. The predicted molar refractivity (Wildman–Crippen MR) is 81.5 cm³/mol. The van der Waals surface area contributed by atoms with Gasteiger partial charge in [-0.2, -0.15) is 5.10 Å². The fraction of sp³-hybridized carbons (Fsp3) is 0.0667. The summed E-state index contributed by atoms with van der Waals surface area (Å²) < 4.78 is 1.58. The van der Waals surface area contributed by atoms with E-state index < -0.39 is 5.97 Å². The molecule has 2 heterocycles. The second kappa shape index (κ2) is 5.38. The van der Waals surface area contributed by atoms with Crippen LogP contribution in [0.15, 0.2) is 59.6 Å². The molecule has 1 aromatic heterocycles. The highest BCUT2D eigenvalue weighted by molar-refractivity contribution is 8.21. The van der Waals surface area contributed by atoms with Crippen LogP contribution >= 0.6 is 10.9 Å². The van der Waals surface area contributed by atoms with Crippen molar-refractivity contribution in [2.24, 2.45) is 0 Å². The van der Waals surface area contributed by atoms with Crippen molar-refractivity contribution in [2.75, 3.05) is 0 Å². The maximum Gasteiger partial charge on any atom is 0.338 e. The van der Waals surface area contributed by atoms with Crippen molar-refractivity contribution in [3.63, 3.8) is 0 Å². The van der Waals surface area contributed by atoms with E-state index in [2.05, 4.69) is 40.2 Å². The van der Waals surface area contributed by atoms with Crippen LogP contribution in [0.25, 0.3) is 5.69 Å². The summed E-state index contributed by atoms with van der Waals surface area (Å²) in [4.78, 5) is 10.8. The van der Waals surface area contributed by atoms with Gasteiger partial charge in [0.15, 0.2) is 0 Å². The molecule has 0 amide bonds. The van der Waals surface area contributed by atoms with Crippen LogP contribution < -0.4 is 0 Å². The van der Waals surface area contributed by atoms with Crippen LogP contribution in [-0.2, 0) is 5.75 Å². The molecule has 0 saturated carbocycles. The number of hydrogen-bond acceptors (Lipinski definition) is 2. The van der Waals surface area contributed by atoms with E-state index in [0.29, 0.717) is 0 Å². The molecule has 1 N–H and O–H groups in total. The van der Waals surface area contributed by atoms with Crippen molar-refractivity contribution in [1.29, 1.82) is 0 Å². The van der Waals surface area contributed by atoms with E-state index in [-0.39, 0.29) is 16.5 Å². The third kappa shape index (κ3) is 2.67. The minimum atomic E-state index is -0.963. The topological polar surface area (TPSA) is 55.1 Å². The molecule has 0 aliphatic carbocycles. The Bertz CT molecular complexity index is 674. The maximum atomic E-state index is 10.8. The zero-order chi connectivity index (χ0) is 13.9. The number of carbonyl (C=O) groups is 1. The zero-order valence-corrected chi connectivity index (χ0v) is 11.6. The normalized spacial score (nSPS) is 14.9. The standard InChI is InChI=1S/C15H14N2O2S/c18-15(19)13-9-16-17(10-13)14-5-3-12(4-6-14)11-20-7-1-2-8-20/h1-10,20H,11H2,(H,18,19). The average Bonchev–Trinajstić information content (AvgIpc) is 3.10. The number of carboxylic acid groups (broad SMARTS) is 1. The third-order valence-corrected chi connectivity index (χ3v) is 4.90. The molecule has 2 aromatic rings. The summed E-state index contributed by atoms with van der Waals surface area (Å²) in [5, 5.41) is 17.4. The highest BCUT2D eigenvalue weighted by Gasteiger charge is 2.07. The van der Waals surface area contributed by atoms with Gasteiger partial charge in [0.05, 0.1) is 17.4 Å². The molecule has 0 radical (unpaired) electrons. The Kier molecular flexibility index (Phi) is 3.43. The number of thiol groups is 1. The molecule has 3 rings (SSSR count). The Morgan fingerprint density at radius 2 is 1.90 bits per heavy atom. The van der Waals surface area contributed by atoms with E-state index in [1.165, 1.54) is 18.0 Å². The van der Waals surface area contributed by atoms with E-state index in [4.69, 9.17) is 5.11 Å². The van der Waals surface area contributed by atoms with Gasteiger partial charge in [0.25, 0.3) is 0 Å². The number of nitrogens with zero attached hydrogens (tertiary/aromatic N) is 2. The van der Waals surface area contributed by atoms with Crippen molar-refractivity contribution < 1.29 is 9.90 Å². The molecule has 1 aliphatic heterocycles. The van der Waals surface area contributed by atoms with Crippen LogP contribution in [0.1, 0.15) is 15.9 Å². The van der Waals surface area contributed by atoms with Gasteiger partial charge in [0.1, 0.15) is 0 Å². The Morgan fingerprint density at radius 3 is 2.50 bits per heavy atom. The monoisotopic (exact) mass is 286 g/mol. The summed E-state index contributed by atoms with van der Waals surface area (Å²) in [6.45, 7) is 0. The largest absolute Gasteiger partial charge is 0.478 e. The summed E-state index contributed by atoms with van der Waals surface area (Å²) >= 11 is 0. The van der Waals surface area contributed by atoms with E-state index in [1.807, 2.05) is 12.1 Å². The lowest BCUT2D eigenvalue weighted by Crippen LogP contribution is -1.96. The van der Waals surface area contributed by atoms with Gasteiger partial charge in [0, 0.05) is 11.9 Å². The van der Waals surface area contributed by atoms with Crippen molar-refractivity contribution in [3.8, 4) is 5.69 Å². The summed E-state index contributed by atoms with van der Waals surface area (Å²) in [6.07, 6.45) is 7.06.